The zero-order valence-electron chi connectivity index (χ0n) is 12.8. The van der Waals surface area contributed by atoms with Gasteiger partial charge in [-0.15, -0.1) is 0 Å². The standard InChI is InChI=1S/C16H18ClNO4/c1-4-5-8-18-15(19)13(14(17)16(18)20)10-6-7-11(21-2)12(9-10)22-3/h6-7,9H,4-5,8H2,1-3H3. The molecule has 1 aliphatic heterocycles. The Bertz CT molecular complexity index is 639. The third-order valence-corrected chi connectivity index (χ3v) is 3.87. The molecule has 0 unspecified atom stereocenters. The Morgan fingerprint density at radius 1 is 1.09 bits per heavy atom. The number of nitrogens with zero attached hydrogens (tertiary/aromatic N) is 1. The highest BCUT2D eigenvalue weighted by Gasteiger charge is 2.37. The number of methoxy groups -OCH3 is 2. The van der Waals surface area contributed by atoms with E-state index in [1.807, 2.05) is 6.92 Å². The van der Waals surface area contributed by atoms with Gasteiger partial charge in [0.1, 0.15) is 5.03 Å². The van der Waals surface area contributed by atoms with E-state index in [1.54, 1.807) is 18.2 Å². The SMILES string of the molecule is CCCCN1C(=O)C(Cl)=C(c2ccc(OC)c(OC)c2)C1=O. The summed E-state index contributed by atoms with van der Waals surface area (Å²) in [5.74, 6) is 0.215. The van der Waals surface area contributed by atoms with Crippen molar-refractivity contribution in [2.75, 3.05) is 20.8 Å². The van der Waals surface area contributed by atoms with Gasteiger partial charge in [0.15, 0.2) is 11.5 Å². The molecule has 0 fully saturated rings. The average Bonchev–Trinajstić information content (AvgIpc) is 2.74. The van der Waals surface area contributed by atoms with Crippen molar-refractivity contribution in [1.29, 1.82) is 0 Å². The van der Waals surface area contributed by atoms with E-state index in [4.69, 9.17) is 21.1 Å². The molecule has 5 nitrogen and oxygen atoms in total. The molecule has 0 bridgehead atoms. The van der Waals surface area contributed by atoms with E-state index in [-0.39, 0.29) is 16.5 Å². The quantitative estimate of drug-likeness (QED) is 0.755. The van der Waals surface area contributed by atoms with E-state index in [0.29, 0.717) is 23.6 Å². The second-order valence-electron chi connectivity index (χ2n) is 4.87. The number of halogens is 1. The number of unbranched alkanes of at least 4 members (excludes halogenated alkanes) is 1. The molecule has 1 aromatic carbocycles. The summed E-state index contributed by atoms with van der Waals surface area (Å²) in [6.45, 7) is 2.37. The number of hydrogen-bond acceptors (Lipinski definition) is 4. The highest BCUT2D eigenvalue weighted by Crippen LogP contribution is 2.36. The molecule has 0 saturated carbocycles. The molecular formula is C16H18ClNO4. The molecule has 0 atom stereocenters. The van der Waals surface area contributed by atoms with Gasteiger partial charge in [0, 0.05) is 6.54 Å². The van der Waals surface area contributed by atoms with Crippen LogP contribution in [0.1, 0.15) is 25.3 Å². The van der Waals surface area contributed by atoms with Gasteiger partial charge in [-0.3, -0.25) is 14.5 Å². The zero-order chi connectivity index (χ0) is 16.3. The third-order valence-electron chi connectivity index (χ3n) is 3.52. The topological polar surface area (TPSA) is 55.8 Å². The van der Waals surface area contributed by atoms with E-state index in [1.165, 1.54) is 19.1 Å². The fourth-order valence-corrected chi connectivity index (χ4v) is 2.60. The number of imide groups is 1. The first kappa shape index (κ1) is 16.4. The number of carbonyl (C=O) groups is 2. The molecule has 2 amide bonds. The molecule has 0 radical (unpaired) electrons. The fourth-order valence-electron chi connectivity index (χ4n) is 2.31. The minimum absolute atomic E-state index is 0.0478. The first-order valence-corrected chi connectivity index (χ1v) is 7.41. The van der Waals surface area contributed by atoms with Crippen molar-refractivity contribution in [3.63, 3.8) is 0 Å². The summed E-state index contributed by atoms with van der Waals surface area (Å²) in [5.41, 5.74) is 0.753. The van der Waals surface area contributed by atoms with Crippen LogP contribution >= 0.6 is 11.6 Å². The van der Waals surface area contributed by atoms with Crippen molar-refractivity contribution in [2.24, 2.45) is 0 Å². The molecular weight excluding hydrogens is 306 g/mol. The predicted molar refractivity (Wildman–Crippen MR) is 83.9 cm³/mol. The molecule has 2 rings (SSSR count). The van der Waals surface area contributed by atoms with Crippen LogP contribution in [0.2, 0.25) is 0 Å². The minimum Gasteiger partial charge on any atom is -0.493 e. The summed E-state index contributed by atoms with van der Waals surface area (Å²) in [6.07, 6.45) is 1.64. The molecule has 6 heteroatoms. The lowest BCUT2D eigenvalue weighted by Crippen LogP contribution is -2.32. The zero-order valence-corrected chi connectivity index (χ0v) is 13.6. The molecule has 0 saturated heterocycles. The number of benzene rings is 1. The molecule has 0 aliphatic carbocycles. The van der Waals surface area contributed by atoms with Gasteiger partial charge in [-0.2, -0.15) is 0 Å². The van der Waals surface area contributed by atoms with Gasteiger partial charge in [0.2, 0.25) is 0 Å². The van der Waals surface area contributed by atoms with Crippen molar-refractivity contribution in [2.45, 2.75) is 19.8 Å². The number of ether oxygens (including phenoxy) is 2. The molecule has 118 valence electrons. The average molecular weight is 324 g/mol. The summed E-state index contributed by atoms with van der Waals surface area (Å²) < 4.78 is 10.4. The van der Waals surface area contributed by atoms with Gasteiger partial charge >= 0.3 is 0 Å². The Morgan fingerprint density at radius 2 is 1.77 bits per heavy atom. The molecule has 22 heavy (non-hydrogen) atoms. The van der Waals surface area contributed by atoms with Crippen LogP contribution in [0.3, 0.4) is 0 Å². The summed E-state index contributed by atoms with van der Waals surface area (Å²) in [4.78, 5) is 25.8. The summed E-state index contributed by atoms with van der Waals surface area (Å²) in [5, 5.41) is -0.0478. The lowest BCUT2D eigenvalue weighted by molar-refractivity contribution is -0.136. The van der Waals surface area contributed by atoms with Crippen molar-refractivity contribution >= 4 is 29.0 Å². The number of carbonyl (C=O) groups excluding carboxylic acids is 2. The first-order valence-electron chi connectivity index (χ1n) is 7.03. The van der Waals surface area contributed by atoms with Gasteiger partial charge in [-0.1, -0.05) is 31.0 Å². The van der Waals surface area contributed by atoms with E-state index in [0.717, 1.165) is 12.8 Å². The van der Waals surface area contributed by atoms with Crippen LogP contribution in [0.25, 0.3) is 5.57 Å². The van der Waals surface area contributed by atoms with Crippen molar-refractivity contribution in [3.8, 4) is 11.5 Å². The second-order valence-corrected chi connectivity index (χ2v) is 5.25. The molecule has 1 heterocycles. The monoisotopic (exact) mass is 323 g/mol. The van der Waals surface area contributed by atoms with Gasteiger partial charge in [0.25, 0.3) is 11.8 Å². The Balaban J connectivity index is 2.39. The Kier molecular flexibility index (Phi) is 5.08. The molecule has 0 spiro atoms. The van der Waals surface area contributed by atoms with Gasteiger partial charge < -0.3 is 9.47 Å². The van der Waals surface area contributed by atoms with Crippen molar-refractivity contribution < 1.29 is 19.1 Å². The van der Waals surface area contributed by atoms with Crippen LogP contribution in [0.15, 0.2) is 23.2 Å². The van der Waals surface area contributed by atoms with Crippen LogP contribution in [0, 0.1) is 0 Å². The van der Waals surface area contributed by atoms with E-state index in [2.05, 4.69) is 0 Å². The number of amides is 2. The highest BCUT2D eigenvalue weighted by molar-refractivity contribution is 6.55. The first-order chi connectivity index (χ1) is 10.5. The smallest absolute Gasteiger partial charge is 0.273 e. The third kappa shape index (κ3) is 2.81. The normalized spacial score (nSPS) is 14.8. The number of rotatable bonds is 6. The van der Waals surface area contributed by atoms with Gasteiger partial charge in [0.05, 0.1) is 19.8 Å². The summed E-state index contributed by atoms with van der Waals surface area (Å²) in [7, 11) is 3.04. The largest absolute Gasteiger partial charge is 0.493 e. The highest BCUT2D eigenvalue weighted by atomic mass is 35.5. The Labute approximate surface area is 134 Å². The molecule has 0 aromatic heterocycles. The van der Waals surface area contributed by atoms with Crippen LogP contribution in [-0.4, -0.2) is 37.5 Å². The molecule has 1 aliphatic rings. The Hall–Kier alpha value is -2.01. The van der Waals surface area contributed by atoms with E-state index >= 15 is 0 Å². The maximum absolute atomic E-state index is 12.5. The molecule has 1 aromatic rings. The predicted octanol–water partition coefficient (Wildman–Crippen LogP) is 2.82. The van der Waals surface area contributed by atoms with Gasteiger partial charge in [-0.05, 0) is 24.1 Å². The Morgan fingerprint density at radius 3 is 2.36 bits per heavy atom. The number of hydrogen-bond donors (Lipinski definition) is 0. The maximum Gasteiger partial charge on any atom is 0.273 e. The fraction of sp³-hybridized carbons (Fsp3) is 0.375. The lowest BCUT2D eigenvalue weighted by atomic mass is 10.1. The van der Waals surface area contributed by atoms with Crippen LogP contribution in [-0.2, 0) is 9.59 Å². The molecule has 0 N–H and O–H groups in total. The van der Waals surface area contributed by atoms with Crippen molar-refractivity contribution in [3.05, 3.63) is 28.8 Å². The lowest BCUT2D eigenvalue weighted by Gasteiger charge is -2.14. The second kappa shape index (κ2) is 6.83. The van der Waals surface area contributed by atoms with E-state index < -0.39 is 5.91 Å². The van der Waals surface area contributed by atoms with Crippen LogP contribution in [0.5, 0.6) is 11.5 Å². The van der Waals surface area contributed by atoms with E-state index in [9.17, 15) is 9.59 Å². The summed E-state index contributed by atoms with van der Waals surface area (Å²) in [6, 6.07) is 5.01. The van der Waals surface area contributed by atoms with Crippen LogP contribution in [0.4, 0.5) is 0 Å². The van der Waals surface area contributed by atoms with Crippen LogP contribution < -0.4 is 9.47 Å². The van der Waals surface area contributed by atoms with Crippen molar-refractivity contribution in [1.82, 2.24) is 4.90 Å². The minimum atomic E-state index is -0.440. The summed E-state index contributed by atoms with van der Waals surface area (Å²) >= 11 is 6.10. The van der Waals surface area contributed by atoms with Gasteiger partial charge in [-0.25, -0.2) is 0 Å². The maximum atomic E-state index is 12.5.